The smallest absolute Gasteiger partial charge is 0.365 e. The molecule has 1 aliphatic heterocycles. The van der Waals surface area contributed by atoms with Gasteiger partial charge in [-0.25, -0.2) is 15.0 Å². The van der Waals surface area contributed by atoms with E-state index in [1.54, 1.807) is 23.2 Å². The molecule has 2 aliphatic rings. The zero-order valence-electron chi connectivity index (χ0n) is 15.7. The molecule has 0 unspecified atom stereocenters. The normalized spacial score (nSPS) is 17.2. The number of amides is 1. The Morgan fingerprint density at radius 3 is 2.41 bits per heavy atom. The fraction of sp³-hybridized carbons (Fsp3) is 0.474. The summed E-state index contributed by atoms with van der Waals surface area (Å²) in [4.78, 5) is 27.9. The third-order valence-electron chi connectivity index (χ3n) is 5.35. The first-order valence-corrected chi connectivity index (χ1v) is 9.56. The van der Waals surface area contributed by atoms with Gasteiger partial charge in [0.05, 0.1) is 5.56 Å². The van der Waals surface area contributed by atoms with Gasteiger partial charge in [-0.15, -0.1) is 0 Å². The van der Waals surface area contributed by atoms with Crippen molar-refractivity contribution in [3.8, 4) is 0 Å². The largest absolute Gasteiger partial charge is 0.433 e. The molecule has 1 amide bonds. The number of carbonyl (C=O) groups excluding carboxylic acids is 1. The van der Waals surface area contributed by atoms with Gasteiger partial charge in [0, 0.05) is 43.6 Å². The van der Waals surface area contributed by atoms with Gasteiger partial charge >= 0.3 is 6.18 Å². The fourth-order valence-corrected chi connectivity index (χ4v) is 3.92. The van der Waals surface area contributed by atoms with Crippen LogP contribution in [0.5, 0.6) is 0 Å². The van der Waals surface area contributed by atoms with Crippen molar-refractivity contribution in [1.82, 2.24) is 15.0 Å². The van der Waals surface area contributed by atoms with E-state index in [0.29, 0.717) is 56.1 Å². The Labute approximate surface area is 165 Å². The summed E-state index contributed by atoms with van der Waals surface area (Å²) in [6.45, 7) is 1.79. The first kappa shape index (κ1) is 19.4. The monoisotopic (exact) mass is 406 g/mol. The molecule has 2 N–H and O–H groups in total. The number of nitrogens with two attached hydrogens (primary N) is 1. The van der Waals surface area contributed by atoms with E-state index >= 15 is 0 Å². The number of aryl methyl sites for hydroxylation is 1. The molecule has 2 aromatic rings. The first-order valence-electron chi connectivity index (χ1n) is 9.56. The van der Waals surface area contributed by atoms with Crippen molar-refractivity contribution in [3.63, 3.8) is 0 Å². The predicted molar refractivity (Wildman–Crippen MR) is 101 cm³/mol. The number of alkyl halides is 3. The molecule has 1 fully saturated rings. The number of nitrogens with zero attached hydrogens (tertiary/aromatic N) is 5. The molecule has 29 heavy (non-hydrogen) atoms. The lowest BCUT2D eigenvalue weighted by Gasteiger charge is -2.36. The molecule has 0 radical (unpaired) electrons. The van der Waals surface area contributed by atoms with E-state index in [1.165, 1.54) is 0 Å². The SMILES string of the molecule is NC(=O)c1cccnc1N1CCN(c2nc3c(c(C(F)(F)F)n2)CCCC3)CC1. The minimum Gasteiger partial charge on any atom is -0.365 e. The van der Waals surface area contributed by atoms with Gasteiger partial charge in [0.25, 0.3) is 5.91 Å². The Morgan fingerprint density at radius 2 is 1.72 bits per heavy atom. The third kappa shape index (κ3) is 3.83. The van der Waals surface area contributed by atoms with E-state index in [2.05, 4.69) is 15.0 Å². The second kappa shape index (κ2) is 7.49. The van der Waals surface area contributed by atoms with E-state index in [0.717, 1.165) is 12.8 Å². The van der Waals surface area contributed by atoms with Gasteiger partial charge in [0.15, 0.2) is 5.69 Å². The summed E-state index contributed by atoms with van der Waals surface area (Å²) >= 11 is 0. The summed E-state index contributed by atoms with van der Waals surface area (Å²) in [5, 5.41) is 0. The Balaban J connectivity index is 1.57. The number of anilines is 2. The highest BCUT2D eigenvalue weighted by atomic mass is 19.4. The molecule has 0 spiro atoms. The Kier molecular flexibility index (Phi) is 5.01. The lowest BCUT2D eigenvalue weighted by atomic mass is 9.94. The van der Waals surface area contributed by atoms with Crippen LogP contribution in [-0.4, -0.2) is 47.0 Å². The number of hydrogen-bond donors (Lipinski definition) is 1. The van der Waals surface area contributed by atoms with Crippen molar-refractivity contribution in [2.24, 2.45) is 5.73 Å². The van der Waals surface area contributed by atoms with Gasteiger partial charge in [-0.05, 0) is 37.8 Å². The van der Waals surface area contributed by atoms with Gasteiger partial charge in [-0.3, -0.25) is 4.79 Å². The minimum atomic E-state index is -4.49. The number of hydrogen-bond acceptors (Lipinski definition) is 6. The maximum atomic E-state index is 13.6. The Morgan fingerprint density at radius 1 is 1.03 bits per heavy atom. The topological polar surface area (TPSA) is 88.2 Å². The van der Waals surface area contributed by atoms with Gasteiger partial charge in [-0.2, -0.15) is 13.2 Å². The number of halogens is 3. The van der Waals surface area contributed by atoms with E-state index < -0.39 is 17.8 Å². The average Bonchev–Trinajstić information content (AvgIpc) is 2.72. The van der Waals surface area contributed by atoms with Crippen molar-refractivity contribution in [2.75, 3.05) is 36.0 Å². The number of primary amides is 1. The molecule has 154 valence electrons. The van der Waals surface area contributed by atoms with Crippen LogP contribution in [0, 0.1) is 0 Å². The van der Waals surface area contributed by atoms with Gasteiger partial charge in [0.1, 0.15) is 5.82 Å². The molecule has 2 aromatic heterocycles. The van der Waals surface area contributed by atoms with Crippen LogP contribution in [0.4, 0.5) is 24.9 Å². The number of aromatic nitrogens is 3. The molecule has 3 heterocycles. The number of fused-ring (bicyclic) bond motifs is 1. The number of pyridine rings is 1. The molecule has 7 nitrogen and oxygen atoms in total. The van der Waals surface area contributed by atoms with E-state index in [9.17, 15) is 18.0 Å². The summed E-state index contributed by atoms with van der Waals surface area (Å²) in [7, 11) is 0. The van der Waals surface area contributed by atoms with Gasteiger partial charge in [-0.1, -0.05) is 0 Å². The van der Waals surface area contributed by atoms with E-state index in [4.69, 9.17) is 5.73 Å². The van der Waals surface area contributed by atoms with Crippen LogP contribution in [0.3, 0.4) is 0 Å². The van der Waals surface area contributed by atoms with Crippen LogP contribution in [0.15, 0.2) is 18.3 Å². The average molecular weight is 406 g/mol. The second-order valence-electron chi connectivity index (χ2n) is 7.22. The molecular formula is C19H21F3N6O. The van der Waals surface area contributed by atoms with E-state index in [-0.39, 0.29) is 11.5 Å². The maximum Gasteiger partial charge on any atom is 0.433 e. The lowest BCUT2D eigenvalue weighted by molar-refractivity contribution is -0.142. The predicted octanol–water partition coefficient (Wildman–Crippen LogP) is 2.19. The van der Waals surface area contributed by atoms with Crippen LogP contribution in [0.2, 0.25) is 0 Å². The van der Waals surface area contributed by atoms with Crippen molar-refractivity contribution >= 4 is 17.7 Å². The molecular weight excluding hydrogens is 385 g/mol. The minimum absolute atomic E-state index is 0.119. The molecule has 0 atom stereocenters. The van der Waals surface area contributed by atoms with Crippen LogP contribution in [0.1, 0.15) is 40.2 Å². The summed E-state index contributed by atoms with van der Waals surface area (Å²) in [6.07, 6.45) is -0.437. The van der Waals surface area contributed by atoms with Crippen molar-refractivity contribution in [3.05, 3.63) is 40.8 Å². The zero-order valence-corrected chi connectivity index (χ0v) is 15.7. The zero-order chi connectivity index (χ0) is 20.6. The number of piperazine rings is 1. The van der Waals surface area contributed by atoms with Gasteiger partial charge in [0.2, 0.25) is 5.95 Å². The van der Waals surface area contributed by atoms with Crippen molar-refractivity contribution in [1.29, 1.82) is 0 Å². The van der Waals surface area contributed by atoms with E-state index in [1.807, 2.05) is 4.90 Å². The lowest BCUT2D eigenvalue weighted by Crippen LogP contribution is -2.48. The standard InChI is InChI=1S/C19H21F3N6O/c20-19(21,22)15-12-4-1-2-6-14(12)25-18(26-15)28-10-8-27(9-11-28)17-13(16(23)29)5-3-7-24-17/h3,5,7H,1-2,4,6,8-11H2,(H2,23,29). The maximum absolute atomic E-state index is 13.6. The van der Waals surface area contributed by atoms with Crippen LogP contribution in [-0.2, 0) is 19.0 Å². The molecule has 0 aromatic carbocycles. The number of rotatable bonds is 3. The Bertz CT molecular complexity index is 925. The second-order valence-corrected chi connectivity index (χ2v) is 7.22. The van der Waals surface area contributed by atoms with Crippen molar-refractivity contribution in [2.45, 2.75) is 31.9 Å². The Hall–Kier alpha value is -2.91. The molecule has 1 saturated heterocycles. The molecule has 0 bridgehead atoms. The highest BCUT2D eigenvalue weighted by Gasteiger charge is 2.38. The quantitative estimate of drug-likeness (QED) is 0.841. The molecule has 4 rings (SSSR count). The van der Waals surface area contributed by atoms with Crippen LogP contribution >= 0.6 is 0 Å². The third-order valence-corrected chi connectivity index (χ3v) is 5.35. The van der Waals surface area contributed by atoms with Crippen LogP contribution in [0.25, 0.3) is 0 Å². The van der Waals surface area contributed by atoms with Crippen molar-refractivity contribution < 1.29 is 18.0 Å². The van der Waals surface area contributed by atoms with Gasteiger partial charge < -0.3 is 15.5 Å². The molecule has 10 heteroatoms. The highest BCUT2D eigenvalue weighted by Crippen LogP contribution is 2.36. The summed E-state index contributed by atoms with van der Waals surface area (Å²) in [5.74, 6) is 0.0409. The number of carbonyl (C=O) groups is 1. The molecule has 0 saturated carbocycles. The fourth-order valence-electron chi connectivity index (χ4n) is 3.92. The molecule has 1 aliphatic carbocycles. The summed E-state index contributed by atoms with van der Waals surface area (Å²) in [5.41, 5.74) is 5.69. The summed E-state index contributed by atoms with van der Waals surface area (Å²) in [6, 6.07) is 3.25. The summed E-state index contributed by atoms with van der Waals surface area (Å²) < 4.78 is 40.7. The highest BCUT2D eigenvalue weighted by molar-refractivity contribution is 5.97. The van der Waals surface area contributed by atoms with Crippen LogP contribution < -0.4 is 15.5 Å². The first-order chi connectivity index (χ1) is 13.8.